The van der Waals surface area contributed by atoms with E-state index in [1.807, 2.05) is 30.3 Å². The largest absolute Gasteiger partial charge is 0.480 e. The molecule has 1 saturated heterocycles. The summed E-state index contributed by atoms with van der Waals surface area (Å²) in [4.78, 5) is 26.9. The van der Waals surface area contributed by atoms with Crippen molar-refractivity contribution in [3.63, 3.8) is 0 Å². The third-order valence-corrected chi connectivity index (χ3v) is 5.48. The number of hydrogen-bond acceptors (Lipinski definition) is 3. The molecule has 0 radical (unpaired) electrons. The lowest BCUT2D eigenvalue weighted by atomic mass is 10.0. The minimum absolute atomic E-state index is 0.0626. The first-order valence-corrected chi connectivity index (χ1v) is 9.97. The van der Waals surface area contributed by atoms with Crippen LogP contribution in [0, 0.1) is 0 Å². The van der Waals surface area contributed by atoms with Crippen LogP contribution in [0.5, 0.6) is 0 Å². The molecule has 2 aromatic carbocycles. The second kappa shape index (κ2) is 9.41. The van der Waals surface area contributed by atoms with Crippen molar-refractivity contribution in [1.29, 1.82) is 0 Å². The van der Waals surface area contributed by atoms with E-state index in [2.05, 4.69) is 5.32 Å². The highest BCUT2D eigenvalue weighted by Crippen LogP contribution is 2.24. The maximum atomic E-state index is 13.3. The Kier molecular flexibility index (Phi) is 6.94. The summed E-state index contributed by atoms with van der Waals surface area (Å²) >= 11 is 12.2. The first kappa shape index (κ1) is 20.6. The van der Waals surface area contributed by atoms with E-state index in [0.717, 1.165) is 24.9 Å². The Balaban J connectivity index is 1.93. The highest BCUT2D eigenvalue weighted by Gasteiger charge is 2.33. The fraction of sp³-hybridized carbons (Fsp3) is 0.333. The van der Waals surface area contributed by atoms with Crippen LogP contribution in [0.1, 0.15) is 28.8 Å². The van der Waals surface area contributed by atoms with Crippen molar-refractivity contribution in [3.8, 4) is 0 Å². The molecule has 0 spiro atoms. The molecule has 2 aromatic rings. The zero-order valence-corrected chi connectivity index (χ0v) is 16.8. The van der Waals surface area contributed by atoms with Gasteiger partial charge >= 0.3 is 5.97 Å². The van der Waals surface area contributed by atoms with Crippen LogP contribution in [-0.2, 0) is 11.2 Å². The quantitative estimate of drug-likeness (QED) is 0.712. The van der Waals surface area contributed by atoms with E-state index >= 15 is 0 Å². The molecule has 1 aliphatic rings. The standard InChI is InChI=1S/C21H22Cl2N2O3/c22-15-8-9-17(18(23)12-15)20(26)25(13-16-7-4-10-24-16)19(21(27)28)11-14-5-2-1-3-6-14/h1-3,5-6,8-9,12,16,19,24H,4,7,10-11,13H2,(H,27,28). The van der Waals surface area contributed by atoms with E-state index in [1.165, 1.54) is 11.0 Å². The Morgan fingerprint density at radius 3 is 2.54 bits per heavy atom. The van der Waals surface area contributed by atoms with E-state index in [-0.39, 0.29) is 23.0 Å². The molecule has 2 unspecified atom stereocenters. The minimum atomic E-state index is -1.04. The lowest BCUT2D eigenvalue weighted by molar-refractivity contribution is -0.142. The van der Waals surface area contributed by atoms with Gasteiger partial charge in [0.1, 0.15) is 6.04 Å². The second-order valence-corrected chi connectivity index (χ2v) is 7.76. The summed E-state index contributed by atoms with van der Waals surface area (Å²) < 4.78 is 0. The highest BCUT2D eigenvalue weighted by molar-refractivity contribution is 6.36. The number of nitrogens with one attached hydrogen (secondary N) is 1. The molecule has 5 nitrogen and oxygen atoms in total. The van der Waals surface area contributed by atoms with Gasteiger partial charge in [0.05, 0.1) is 10.6 Å². The number of carboxylic acids is 1. The van der Waals surface area contributed by atoms with Crippen molar-refractivity contribution in [2.24, 2.45) is 0 Å². The number of benzene rings is 2. The molecule has 1 amide bonds. The number of halogens is 2. The number of aliphatic carboxylic acids is 1. The summed E-state index contributed by atoms with van der Waals surface area (Å²) in [6.45, 7) is 1.17. The van der Waals surface area contributed by atoms with Gasteiger partial charge in [-0.05, 0) is 43.1 Å². The van der Waals surface area contributed by atoms with E-state index in [9.17, 15) is 14.7 Å². The Labute approximate surface area is 174 Å². The maximum absolute atomic E-state index is 13.3. The van der Waals surface area contributed by atoms with Gasteiger partial charge in [-0.2, -0.15) is 0 Å². The molecular formula is C21H22Cl2N2O3. The molecular weight excluding hydrogens is 399 g/mol. The van der Waals surface area contributed by atoms with Crippen molar-refractivity contribution in [2.45, 2.75) is 31.3 Å². The zero-order valence-electron chi connectivity index (χ0n) is 15.3. The average Bonchev–Trinajstić information content (AvgIpc) is 3.18. The Hall–Kier alpha value is -2.08. The summed E-state index contributed by atoms with van der Waals surface area (Å²) in [6.07, 6.45) is 2.13. The summed E-state index contributed by atoms with van der Waals surface area (Å²) in [7, 11) is 0. The molecule has 0 saturated carbocycles. The van der Waals surface area contributed by atoms with Gasteiger partial charge in [0.15, 0.2) is 0 Å². The van der Waals surface area contributed by atoms with Crippen molar-refractivity contribution >= 4 is 35.1 Å². The predicted octanol–water partition coefficient (Wildman–Crippen LogP) is 3.88. The third-order valence-electron chi connectivity index (χ3n) is 4.94. The molecule has 148 valence electrons. The topological polar surface area (TPSA) is 69.6 Å². The van der Waals surface area contributed by atoms with Crippen LogP contribution in [0.3, 0.4) is 0 Å². The molecule has 0 aliphatic carbocycles. The number of nitrogens with zero attached hydrogens (tertiary/aromatic N) is 1. The Bertz CT molecular complexity index is 839. The number of rotatable bonds is 7. The minimum Gasteiger partial charge on any atom is -0.480 e. The summed E-state index contributed by atoms with van der Waals surface area (Å²) in [5.41, 5.74) is 1.11. The van der Waals surface area contributed by atoms with E-state index in [0.29, 0.717) is 11.6 Å². The van der Waals surface area contributed by atoms with Crippen molar-refractivity contribution in [2.75, 3.05) is 13.1 Å². The normalized spacial score (nSPS) is 17.3. The first-order valence-electron chi connectivity index (χ1n) is 9.22. The van der Waals surface area contributed by atoms with Crippen LogP contribution in [0.25, 0.3) is 0 Å². The summed E-state index contributed by atoms with van der Waals surface area (Å²) in [5.74, 6) is -1.45. The van der Waals surface area contributed by atoms with Crippen LogP contribution >= 0.6 is 23.2 Å². The van der Waals surface area contributed by atoms with Crippen LogP contribution in [0.2, 0.25) is 10.0 Å². The van der Waals surface area contributed by atoms with Crippen LogP contribution in [0.4, 0.5) is 0 Å². The van der Waals surface area contributed by atoms with Gasteiger partial charge in [-0.3, -0.25) is 4.79 Å². The number of hydrogen-bond donors (Lipinski definition) is 2. The molecule has 0 bridgehead atoms. The number of carbonyl (C=O) groups is 2. The van der Waals surface area contributed by atoms with E-state index in [1.54, 1.807) is 12.1 Å². The fourth-order valence-electron chi connectivity index (χ4n) is 3.49. The second-order valence-electron chi connectivity index (χ2n) is 6.92. The lowest BCUT2D eigenvalue weighted by Gasteiger charge is -2.32. The molecule has 0 aromatic heterocycles. The molecule has 7 heteroatoms. The fourth-order valence-corrected chi connectivity index (χ4v) is 3.98. The maximum Gasteiger partial charge on any atom is 0.326 e. The van der Waals surface area contributed by atoms with Gasteiger partial charge in [-0.15, -0.1) is 0 Å². The molecule has 3 rings (SSSR count). The van der Waals surface area contributed by atoms with Crippen LogP contribution in [0.15, 0.2) is 48.5 Å². The van der Waals surface area contributed by atoms with Crippen LogP contribution in [-0.4, -0.2) is 47.1 Å². The molecule has 2 atom stereocenters. The van der Waals surface area contributed by atoms with Gasteiger partial charge < -0.3 is 15.3 Å². The number of amides is 1. The highest BCUT2D eigenvalue weighted by atomic mass is 35.5. The van der Waals surface area contributed by atoms with E-state index in [4.69, 9.17) is 23.2 Å². The monoisotopic (exact) mass is 420 g/mol. The summed E-state index contributed by atoms with van der Waals surface area (Å²) in [5, 5.41) is 13.9. The summed E-state index contributed by atoms with van der Waals surface area (Å²) in [6, 6.07) is 13.0. The molecule has 1 heterocycles. The van der Waals surface area contributed by atoms with Crippen molar-refractivity contribution < 1.29 is 14.7 Å². The molecule has 2 N–H and O–H groups in total. The van der Waals surface area contributed by atoms with Gasteiger partial charge in [-0.25, -0.2) is 4.79 Å². The zero-order chi connectivity index (χ0) is 20.1. The van der Waals surface area contributed by atoms with Gasteiger partial charge in [0, 0.05) is 24.0 Å². The van der Waals surface area contributed by atoms with Crippen molar-refractivity contribution in [1.82, 2.24) is 10.2 Å². The lowest BCUT2D eigenvalue weighted by Crippen LogP contribution is -2.51. The number of carboxylic acid groups (broad SMARTS) is 1. The molecule has 1 aliphatic heterocycles. The van der Waals surface area contributed by atoms with Gasteiger partial charge in [0.25, 0.3) is 5.91 Å². The van der Waals surface area contributed by atoms with Crippen molar-refractivity contribution in [3.05, 3.63) is 69.7 Å². The van der Waals surface area contributed by atoms with Gasteiger partial charge in [-0.1, -0.05) is 53.5 Å². The average molecular weight is 421 g/mol. The van der Waals surface area contributed by atoms with Crippen LogP contribution < -0.4 is 5.32 Å². The smallest absolute Gasteiger partial charge is 0.326 e. The predicted molar refractivity (Wildman–Crippen MR) is 110 cm³/mol. The number of carbonyl (C=O) groups excluding carboxylic acids is 1. The van der Waals surface area contributed by atoms with Gasteiger partial charge in [0.2, 0.25) is 0 Å². The first-order chi connectivity index (χ1) is 13.5. The Morgan fingerprint density at radius 1 is 1.18 bits per heavy atom. The molecule has 28 heavy (non-hydrogen) atoms. The SMILES string of the molecule is O=C(O)C(Cc1ccccc1)N(CC1CCCN1)C(=O)c1ccc(Cl)cc1Cl. The molecule has 1 fully saturated rings. The third kappa shape index (κ3) is 5.04. The van der Waals surface area contributed by atoms with E-state index < -0.39 is 17.9 Å². The Morgan fingerprint density at radius 2 is 1.93 bits per heavy atom.